The number of nitrogens with zero attached hydrogens (tertiary/aromatic N) is 1. The molecule has 1 rings (SSSR count). The normalized spacial score (nSPS) is 12.4. The molecule has 0 spiro atoms. The third-order valence-corrected chi connectivity index (χ3v) is 3.04. The van der Waals surface area contributed by atoms with Gasteiger partial charge in [0, 0.05) is 0 Å². The van der Waals surface area contributed by atoms with Crippen molar-refractivity contribution < 1.29 is 4.21 Å². The van der Waals surface area contributed by atoms with Crippen LogP contribution in [0.15, 0.2) is 22.6 Å². The quantitative estimate of drug-likeness (QED) is 0.731. The molecule has 0 aliphatic rings. The molecule has 0 aliphatic carbocycles. The fourth-order valence-electron chi connectivity index (χ4n) is 1.89. The Kier molecular flexibility index (Phi) is 3.92. The molecule has 0 radical (unpaired) electrons. The first-order chi connectivity index (χ1) is 7.68. The Morgan fingerprint density at radius 1 is 0.941 bits per heavy atom. The van der Waals surface area contributed by atoms with E-state index in [-0.39, 0.29) is 10.8 Å². The molecule has 3 heteroatoms. The summed E-state index contributed by atoms with van der Waals surface area (Å²) < 4.78 is 14.9. The number of hydrogen-bond acceptors (Lipinski definition) is 2. The Bertz CT molecular complexity index is 428. The molecule has 0 N–H and O–H groups in total. The fourth-order valence-corrected chi connectivity index (χ4v) is 2.16. The van der Waals surface area contributed by atoms with Crippen LogP contribution < -0.4 is 0 Å². The molecule has 0 heterocycles. The first-order valence-electron chi connectivity index (χ1n) is 5.82. The van der Waals surface area contributed by atoms with Crippen LogP contribution in [0.3, 0.4) is 0 Å². The highest BCUT2D eigenvalue weighted by atomic mass is 32.1. The molecule has 2 nitrogen and oxygen atoms in total. The summed E-state index contributed by atoms with van der Waals surface area (Å²) in [6.45, 7) is 12.9. The first kappa shape index (κ1) is 14.1. The predicted molar refractivity (Wildman–Crippen MR) is 74.1 cm³/mol. The average molecular weight is 251 g/mol. The highest BCUT2D eigenvalue weighted by molar-refractivity contribution is 7.54. The van der Waals surface area contributed by atoms with Crippen LogP contribution in [-0.4, -0.2) is 4.21 Å². The third kappa shape index (κ3) is 3.25. The second-order valence-corrected chi connectivity index (χ2v) is 6.70. The lowest BCUT2D eigenvalue weighted by Crippen LogP contribution is -2.16. The molecule has 0 aromatic heterocycles. The lowest BCUT2D eigenvalue weighted by atomic mass is 9.79. The van der Waals surface area contributed by atoms with Gasteiger partial charge in [0.15, 0.2) is 0 Å². The van der Waals surface area contributed by atoms with E-state index in [4.69, 9.17) is 0 Å². The van der Waals surface area contributed by atoms with E-state index in [1.807, 2.05) is 0 Å². The van der Waals surface area contributed by atoms with Crippen molar-refractivity contribution in [1.29, 1.82) is 0 Å². The van der Waals surface area contributed by atoms with Gasteiger partial charge in [0.1, 0.15) is 0 Å². The van der Waals surface area contributed by atoms with Crippen molar-refractivity contribution in [1.82, 2.24) is 0 Å². The van der Waals surface area contributed by atoms with Crippen molar-refractivity contribution in [2.45, 2.75) is 52.4 Å². The van der Waals surface area contributed by atoms with E-state index in [0.29, 0.717) is 11.5 Å². The molecule has 0 bridgehead atoms. The molecule has 0 saturated carbocycles. The molecule has 94 valence electrons. The van der Waals surface area contributed by atoms with E-state index < -0.39 is 0 Å². The Morgan fingerprint density at radius 2 is 1.35 bits per heavy atom. The SMILES string of the molecule is CC(C)(C)c1cccc(C(C)(C)C)c1N=S=O. The maximum atomic E-state index is 10.8. The largest absolute Gasteiger partial charge is 0.205 e. The lowest BCUT2D eigenvalue weighted by molar-refractivity contribution is 0.571. The van der Waals surface area contributed by atoms with Gasteiger partial charge in [-0.1, -0.05) is 59.7 Å². The van der Waals surface area contributed by atoms with E-state index in [2.05, 4.69) is 64.1 Å². The monoisotopic (exact) mass is 251 g/mol. The molecule has 0 atom stereocenters. The van der Waals surface area contributed by atoms with Gasteiger partial charge >= 0.3 is 0 Å². The first-order valence-corrected chi connectivity index (χ1v) is 6.52. The molecule has 17 heavy (non-hydrogen) atoms. The predicted octanol–water partition coefficient (Wildman–Crippen LogP) is 4.31. The molecular formula is C14H21NOS. The Balaban J connectivity index is 3.60. The second kappa shape index (κ2) is 4.73. The third-order valence-electron chi connectivity index (χ3n) is 2.78. The van der Waals surface area contributed by atoms with Gasteiger partial charge in [-0.05, 0) is 22.0 Å². The molecule has 0 fully saturated rings. The molecule has 0 saturated heterocycles. The zero-order chi connectivity index (χ0) is 13.3. The topological polar surface area (TPSA) is 29.4 Å². The van der Waals surface area contributed by atoms with Gasteiger partial charge in [0.25, 0.3) is 0 Å². The summed E-state index contributed by atoms with van der Waals surface area (Å²) in [5, 5.41) is 0. The lowest BCUT2D eigenvalue weighted by Gasteiger charge is -2.27. The second-order valence-electron chi connectivity index (χ2n) is 6.37. The van der Waals surface area contributed by atoms with Gasteiger partial charge in [-0.25, -0.2) is 0 Å². The van der Waals surface area contributed by atoms with Crippen molar-refractivity contribution in [3.8, 4) is 0 Å². The highest BCUT2D eigenvalue weighted by Crippen LogP contribution is 2.39. The summed E-state index contributed by atoms with van der Waals surface area (Å²) in [6, 6.07) is 6.17. The van der Waals surface area contributed by atoms with E-state index in [0.717, 1.165) is 16.8 Å². The van der Waals surface area contributed by atoms with Crippen LogP contribution in [0.25, 0.3) is 0 Å². The van der Waals surface area contributed by atoms with E-state index in [1.165, 1.54) is 0 Å². The molecule has 0 unspecified atom stereocenters. The minimum absolute atomic E-state index is 0.00414. The van der Waals surface area contributed by atoms with Crippen LogP contribution >= 0.6 is 0 Å². The van der Waals surface area contributed by atoms with E-state index in [1.54, 1.807) is 0 Å². The zero-order valence-electron chi connectivity index (χ0n) is 11.5. The number of hydrogen-bond donors (Lipinski definition) is 0. The zero-order valence-corrected chi connectivity index (χ0v) is 12.3. The van der Waals surface area contributed by atoms with Crippen LogP contribution in [0.4, 0.5) is 5.69 Å². The van der Waals surface area contributed by atoms with Crippen LogP contribution in [0.2, 0.25) is 0 Å². The van der Waals surface area contributed by atoms with E-state index in [9.17, 15) is 4.21 Å². The average Bonchev–Trinajstić information content (AvgIpc) is 2.15. The minimum Gasteiger partial charge on any atom is -0.191 e. The van der Waals surface area contributed by atoms with Crippen LogP contribution in [0.5, 0.6) is 0 Å². The van der Waals surface area contributed by atoms with Crippen molar-refractivity contribution in [2.24, 2.45) is 4.36 Å². The van der Waals surface area contributed by atoms with E-state index >= 15 is 0 Å². The van der Waals surface area contributed by atoms with Crippen molar-refractivity contribution in [3.63, 3.8) is 0 Å². The Morgan fingerprint density at radius 3 is 1.65 bits per heavy atom. The summed E-state index contributed by atoms with van der Waals surface area (Å²) in [5.74, 6) is 0. The Labute approximate surface area is 108 Å². The summed E-state index contributed by atoms with van der Waals surface area (Å²) >= 11 is 0.290. The number of rotatable bonds is 1. The summed E-state index contributed by atoms with van der Waals surface area (Å²) in [6.07, 6.45) is 0. The maximum absolute atomic E-state index is 10.8. The van der Waals surface area contributed by atoms with Crippen LogP contribution in [0, 0.1) is 0 Å². The van der Waals surface area contributed by atoms with Gasteiger partial charge in [0.2, 0.25) is 11.5 Å². The van der Waals surface area contributed by atoms with Crippen LogP contribution in [0.1, 0.15) is 52.7 Å². The highest BCUT2D eigenvalue weighted by Gasteiger charge is 2.25. The van der Waals surface area contributed by atoms with Gasteiger partial charge in [-0.3, -0.25) is 0 Å². The maximum Gasteiger partial charge on any atom is 0.205 e. The fraction of sp³-hybridized carbons (Fsp3) is 0.571. The smallest absolute Gasteiger partial charge is 0.191 e. The van der Waals surface area contributed by atoms with Crippen LogP contribution in [-0.2, 0) is 22.3 Å². The summed E-state index contributed by atoms with van der Waals surface area (Å²) in [4.78, 5) is 0. The molecular weight excluding hydrogens is 230 g/mol. The number of benzene rings is 1. The van der Waals surface area contributed by atoms with Gasteiger partial charge in [-0.2, -0.15) is 8.57 Å². The summed E-state index contributed by atoms with van der Waals surface area (Å²) in [5.41, 5.74) is 3.11. The molecule has 1 aromatic rings. The standard InChI is InChI=1S/C14H21NOS/c1-13(2,3)10-8-7-9-11(14(4,5)6)12(10)15-17-16/h7-9H,1-6H3. The van der Waals surface area contributed by atoms with Gasteiger partial charge in [-0.15, -0.1) is 0 Å². The van der Waals surface area contributed by atoms with Gasteiger partial charge in [0.05, 0.1) is 5.69 Å². The summed E-state index contributed by atoms with van der Waals surface area (Å²) in [7, 11) is 0. The van der Waals surface area contributed by atoms with Crippen molar-refractivity contribution in [3.05, 3.63) is 29.3 Å². The molecule has 0 aliphatic heterocycles. The van der Waals surface area contributed by atoms with Gasteiger partial charge < -0.3 is 0 Å². The Hall–Kier alpha value is -0.960. The minimum atomic E-state index is -0.00414. The van der Waals surface area contributed by atoms with Crippen molar-refractivity contribution >= 4 is 17.2 Å². The molecule has 0 amide bonds. The molecule has 1 aromatic carbocycles. The van der Waals surface area contributed by atoms with Crippen molar-refractivity contribution in [2.75, 3.05) is 0 Å².